The third-order valence-electron chi connectivity index (χ3n) is 11.1. The molecule has 0 amide bonds. The molecule has 12 rings (SSSR count). The highest BCUT2D eigenvalue weighted by Crippen LogP contribution is 2.44. The maximum Gasteiger partial charge on any atom is 0.260 e. The summed E-state index contributed by atoms with van der Waals surface area (Å²) in [7, 11) is 0. The van der Waals surface area contributed by atoms with E-state index in [1.165, 1.54) is 10.8 Å². The zero-order valence-electron chi connectivity index (χ0n) is 28.9. The molecular formula is C48H29BN2O3. The zero-order chi connectivity index (χ0) is 35.3. The first kappa shape index (κ1) is 29.4. The van der Waals surface area contributed by atoms with Crippen molar-refractivity contribution < 1.29 is 13.9 Å². The first-order valence-corrected chi connectivity index (χ1v) is 18.3. The number of aromatic nitrogens is 1. The van der Waals surface area contributed by atoms with E-state index in [0.29, 0.717) is 0 Å². The van der Waals surface area contributed by atoms with Crippen LogP contribution in [0.1, 0.15) is 0 Å². The highest BCUT2D eigenvalue weighted by Gasteiger charge is 2.41. The van der Waals surface area contributed by atoms with Gasteiger partial charge in [0.1, 0.15) is 28.6 Å². The van der Waals surface area contributed by atoms with Gasteiger partial charge in [-0.3, -0.25) is 0 Å². The van der Waals surface area contributed by atoms with Crippen LogP contribution in [0.5, 0.6) is 23.0 Å². The van der Waals surface area contributed by atoms with Gasteiger partial charge < -0.3 is 23.4 Å². The van der Waals surface area contributed by atoms with Crippen molar-refractivity contribution in [2.45, 2.75) is 0 Å². The van der Waals surface area contributed by atoms with Gasteiger partial charge in [-0.2, -0.15) is 0 Å². The molecule has 0 saturated heterocycles. The highest BCUT2D eigenvalue weighted by atomic mass is 16.5. The van der Waals surface area contributed by atoms with Crippen LogP contribution in [-0.4, -0.2) is 11.3 Å². The lowest BCUT2D eigenvalue weighted by Crippen LogP contribution is -2.57. The second kappa shape index (κ2) is 11.2. The predicted octanol–water partition coefficient (Wildman–Crippen LogP) is 10.9. The molecule has 0 saturated carbocycles. The van der Waals surface area contributed by atoms with Crippen molar-refractivity contribution in [2.75, 3.05) is 4.90 Å². The fourth-order valence-electron chi connectivity index (χ4n) is 8.79. The van der Waals surface area contributed by atoms with Crippen molar-refractivity contribution in [3.8, 4) is 28.7 Å². The van der Waals surface area contributed by atoms with Crippen LogP contribution < -0.4 is 30.8 Å². The Kier molecular flexibility index (Phi) is 6.08. The summed E-state index contributed by atoms with van der Waals surface area (Å²) in [5.74, 6) is 3.31. The molecule has 8 aromatic carbocycles. The van der Waals surface area contributed by atoms with E-state index in [1.54, 1.807) is 0 Å². The van der Waals surface area contributed by atoms with Gasteiger partial charge in [0.05, 0.1) is 16.7 Å². The van der Waals surface area contributed by atoms with Gasteiger partial charge in [0.15, 0.2) is 5.58 Å². The van der Waals surface area contributed by atoms with Gasteiger partial charge in [0.25, 0.3) is 6.71 Å². The molecule has 10 aromatic rings. The minimum absolute atomic E-state index is 0.0787. The molecule has 2 aromatic heterocycles. The number of para-hydroxylation sites is 5. The lowest BCUT2D eigenvalue weighted by molar-refractivity contribution is 0.465. The standard InChI is InChI=1S/C48H29BN2O3/c1-3-13-30(14-4-1)50(40-21-11-19-35-34-18-8-10-22-42(34)54-48(35)40)32-25-26-37-45(27-32)52-43-23-12-24-44-47(43)49(37)38-28-36-33-17-7-9-20-39(33)51(31-15-5-2-6-16-31)41(36)29-46(38)53-44/h1-29H. The summed E-state index contributed by atoms with van der Waals surface area (Å²) < 4.78 is 22.5. The normalized spacial score (nSPS) is 12.7. The first-order chi connectivity index (χ1) is 26.8. The highest BCUT2D eigenvalue weighted by molar-refractivity contribution is 6.98. The Bertz CT molecular complexity index is 3130. The van der Waals surface area contributed by atoms with Crippen molar-refractivity contribution >= 4 is 83.9 Å². The van der Waals surface area contributed by atoms with Gasteiger partial charge in [-0.15, -0.1) is 0 Å². The monoisotopic (exact) mass is 692 g/mol. The average molecular weight is 693 g/mol. The molecule has 5 nitrogen and oxygen atoms in total. The van der Waals surface area contributed by atoms with Crippen molar-refractivity contribution in [1.82, 2.24) is 4.57 Å². The molecular weight excluding hydrogens is 663 g/mol. The van der Waals surface area contributed by atoms with Crippen LogP contribution in [0.3, 0.4) is 0 Å². The minimum atomic E-state index is -0.0787. The lowest BCUT2D eigenvalue weighted by atomic mass is 9.35. The largest absolute Gasteiger partial charge is 0.458 e. The number of rotatable bonds is 4. The fraction of sp³-hybridized carbons (Fsp3) is 0. The molecule has 0 aliphatic carbocycles. The van der Waals surface area contributed by atoms with Crippen LogP contribution in [-0.2, 0) is 0 Å². The number of anilines is 3. The number of hydrogen-bond acceptors (Lipinski definition) is 4. The Balaban J connectivity index is 1.07. The summed E-state index contributed by atoms with van der Waals surface area (Å²) in [6.07, 6.45) is 0. The Hall–Kier alpha value is -7.18. The van der Waals surface area contributed by atoms with Crippen molar-refractivity contribution in [2.24, 2.45) is 0 Å². The third-order valence-corrected chi connectivity index (χ3v) is 11.1. The van der Waals surface area contributed by atoms with Crippen LogP contribution >= 0.6 is 0 Å². The van der Waals surface area contributed by atoms with Gasteiger partial charge >= 0.3 is 0 Å². The molecule has 0 N–H and O–H groups in total. The summed E-state index contributed by atoms with van der Waals surface area (Å²) in [6, 6.07) is 61.6. The Morgan fingerprint density at radius 1 is 0.444 bits per heavy atom. The van der Waals surface area contributed by atoms with Crippen LogP contribution in [0.25, 0.3) is 49.4 Å². The van der Waals surface area contributed by atoms with Crippen molar-refractivity contribution in [3.63, 3.8) is 0 Å². The molecule has 252 valence electrons. The summed E-state index contributed by atoms with van der Waals surface area (Å²) in [6.45, 7) is -0.0787. The summed E-state index contributed by atoms with van der Waals surface area (Å²) in [5, 5.41) is 4.58. The van der Waals surface area contributed by atoms with Crippen molar-refractivity contribution in [1.29, 1.82) is 0 Å². The van der Waals surface area contributed by atoms with Crippen LogP contribution in [0.2, 0.25) is 0 Å². The van der Waals surface area contributed by atoms with E-state index in [4.69, 9.17) is 13.9 Å². The number of benzene rings is 8. The fourth-order valence-corrected chi connectivity index (χ4v) is 8.79. The van der Waals surface area contributed by atoms with Gasteiger partial charge in [0.2, 0.25) is 0 Å². The molecule has 4 heterocycles. The maximum atomic E-state index is 6.82. The Morgan fingerprint density at radius 3 is 1.96 bits per heavy atom. The molecule has 2 aliphatic heterocycles. The molecule has 0 radical (unpaired) electrons. The second-order valence-corrected chi connectivity index (χ2v) is 14.0. The van der Waals surface area contributed by atoms with E-state index in [0.717, 1.165) is 95.1 Å². The van der Waals surface area contributed by atoms with Crippen LogP contribution in [0, 0.1) is 0 Å². The van der Waals surface area contributed by atoms with Crippen LogP contribution in [0.15, 0.2) is 180 Å². The van der Waals surface area contributed by atoms with E-state index < -0.39 is 0 Å². The second-order valence-electron chi connectivity index (χ2n) is 14.0. The number of furan rings is 1. The first-order valence-electron chi connectivity index (χ1n) is 18.3. The number of nitrogens with zero attached hydrogens (tertiary/aromatic N) is 2. The van der Waals surface area contributed by atoms with E-state index in [9.17, 15) is 0 Å². The number of hydrogen-bond donors (Lipinski definition) is 0. The SMILES string of the molecule is c1ccc(N(c2ccc3c(c2)Oc2cccc4c2B3c2cc3c5ccccc5n(-c5ccccc5)c3cc2O4)c2cccc3c2oc2ccccc23)cc1. The molecule has 0 spiro atoms. The molecule has 2 aliphatic rings. The van der Waals surface area contributed by atoms with Gasteiger partial charge in [-0.25, -0.2) is 0 Å². The molecule has 0 unspecified atom stereocenters. The van der Waals surface area contributed by atoms with Crippen LogP contribution in [0.4, 0.5) is 17.1 Å². The minimum Gasteiger partial charge on any atom is -0.458 e. The summed E-state index contributed by atoms with van der Waals surface area (Å²) >= 11 is 0. The summed E-state index contributed by atoms with van der Waals surface area (Å²) in [4.78, 5) is 2.26. The van der Waals surface area contributed by atoms with Crippen molar-refractivity contribution in [3.05, 3.63) is 176 Å². The quantitative estimate of drug-likeness (QED) is 0.172. The third kappa shape index (κ3) is 4.16. The van der Waals surface area contributed by atoms with Gasteiger partial charge in [-0.1, -0.05) is 103 Å². The molecule has 54 heavy (non-hydrogen) atoms. The average Bonchev–Trinajstić information content (AvgIpc) is 3.77. The van der Waals surface area contributed by atoms with E-state index >= 15 is 0 Å². The Morgan fingerprint density at radius 2 is 1.13 bits per heavy atom. The predicted molar refractivity (Wildman–Crippen MR) is 220 cm³/mol. The number of ether oxygens (including phenoxy) is 2. The molecule has 6 heteroatoms. The lowest BCUT2D eigenvalue weighted by Gasteiger charge is -2.34. The maximum absolute atomic E-state index is 6.82. The smallest absolute Gasteiger partial charge is 0.260 e. The summed E-state index contributed by atoms with van der Waals surface area (Å²) in [5.41, 5.74) is 11.4. The van der Waals surface area contributed by atoms with E-state index in [-0.39, 0.29) is 6.71 Å². The van der Waals surface area contributed by atoms with Gasteiger partial charge in [0, 0.05) is 56.2 Å². The molecule has 0 bridgehead atoms. The molecule has 0 fully saturated rings. The molecule has 0 atom stereocenters. The number of fused-ring (bicyclic) bond motifs is 10. The van der Waals surface area contributed by atoms with E-state index in [1.807, 2.05) is 24.3 Å². The van der Waals surface area contributed by atoms with Gasteiger partial charge in [-0.05, 0) is 71.6 Å². The zero-order valence-corrected chi connectivity index (χ0v) is 28.9. The Labute approximate surface area is 310 Å². The van der Waals surface area contributed by atoms with E-state index in [2.05, 4.69) is 161 Å². The topological polar surface area (TPSA) is 39.8 Å².